The lowest BCUT2D eigenvalue weighted by atomic mass is 9.87. The number of hydrogen-bond donors (Lipinski definition) is 1. The van der Waals surface area contributed by atoms with E-state index in [1.165, 1.54) is 0 Å². The lowest BCUT2D eigenvalue weighted by Crippen LogP contribution is -2.44. The van der Waals surface area contributed by atoms with E-state index in [-0.39, 0.29) is 21.5 Å². The normalized spacial score (nSPS) is 16.4. The number of hydrazine groups is 1. The van der Waals surface area contributed by atoms with Crippen molar-refractivity contribution in [3.63, 3.8) is 0 Å². The quantitative estimate of drug-likeness (QED) is 0.584. The van der Waals surface area contributed by atoms with Crippen molar-refractivity contribution in [2.45, 2.75) is 26.2 Å². The van der Waals surface area contributed by atoms with E-state index in [9.17, 15) is 9.59 Å². The Bertz CT molecular complexity index is 953. The maximum Gasteiger partial charge on any atom is 0.285 e. The van der Waals surface area contributed by atoms with E-state index in [0.29, 0.717) is 16.2 Å². The summed E-state index contributed by atoms with van der Waals surface area (Å²) in [7, 11) is 0. The van der Waals surface area contributed by atoms with Crippen LogP contribution in [-0.2, 0) is 10.2 Å². The van der Waals surface area contributed by atoms with Crippen LogP contribution < -0.4 is 5.43 Å². The average Bonchev–Trinajstić information content (AvgIpc) is 3.25. The second kappa shape index (κ2) is 8.16. The molecule has 0 aliphatic carbocycles. The van der Waals surface area contributed by atoms with E-state index in [1.807, 2.05) is 12.1 Å². The summed E-state index contributed by atoms with van der Waals surface area (Å²) in [4.78, 5) is 25.5. The summed E-state index contributed by atoms with van der Waals surface area (Å²) in [6.07, 6.45) is 6.66. The Morgan fingerprint density at radius 3 is 2.54 bits per heavy atom. The van der Waals surface area contributed by atoms with Crippen LogP contribution in [0.5, 0.6) is 0 Å². The first kappa shape index (κ1) is 20.1. The summed E-state index contributed by atoms with van der Waals surface area (Å²) in [6.45, 7) is 6.32. The van der Waals surface area contributed by atoms with Crippen molar-refractivity contribution in [1.29, 1.82) is 0 Å². The van der Waals surface area contributed by atoms with Crippen LogP contribution in [0.25, 0.3) is 6.08 Å². The molecule has 1 fully saturated rings. The van der Waals surface area contributed by atoms with Crippen LogP contribution in [0.2, 0.25) is 0 Å². The zero-order chi connectivity index (χ0) is 20.3. The van der Waals surface area contributed by atoms with Gasteiger partial charge < -0.3 is 4.42 Å². The third kappa shape index (κ3) is 4.61. The average molecular weight is 413 g/mol. The highest BCUT2D eigenvalue weighted by molar-refractivity contribution is 8.26. The summed E-state index contributed by atoms with van der Waals surface area (Å²) < 4.78 is 5.48. The zero-order valence-corrected chi connectivity index (χ0v) is 17.4. The van der Waals surface area contributed by atoms with Gasteiger partial charge in [-0.05, 0) is 59.6 Å². The number of nitrogens with one attached hydrogen (secondary N) is 1. The molecule has 7 heteroatoms. The maximum absolute atomic E-state index is 12.5. The molecule has 2 heterocycles. The molecule has 2 amide bonds. The number of nitrogens with zero attached hydrogens (tertiary/aromatic N) is 1. The smallest absolute Gasteiger partial charge is 0.285 e. The van der Waals surface area contributed by atoms with Gasteiger partial charge in [0.2, 0.25) is 0 Å². The van der Waals surface area contributed by atoms with Gasteiger partial charge in [0.15, 0.2) is 4.32 Å². The molecule has 3 rings (SSSR count). The van der Waals surface area contributed by atoms with Crippen LogP contribution in [0.3, 0.4) is 0 Å². The Morgan fingerprint density at radius 1 is 1.21 bits per heavy atom. The van der Waals surface area contributed by atoms with E-state index in [1.54, 1.807) is 48.8 Å². The van der Waals surface area contributed by atoms with Gasteiger partial charge in [0.25, 0.3) is 11.8 Å². The van der Waals surface area contributed by atoms with Crippen molar-refractivity contribution >= 4 is 46.2 Å². The minimum atomic E-state index is -0.385. The van der Waals surface area contributed by atoms with Crippen LogP contribution in [0.4, 0.5) is 0 Å². The van der Waals surface area contributed by atoms with Crippen LogP contribution >= 0.6 is 24.0 Å². The molecule has 0 spiro atoms. The van der Waals surface area contributed by atoms with Gasteiger partial charge in [-0.1, -0.05) is 50.7 Å². The first-order valence-corrected chi connectivity index (χ1v) is 9.88. The van der Waals surface area contributed by atoms with Gasteiger partial charge in [-0.3, -0.25) is 15.0 Å². The molecule has 1 aliphatic heterocycles. The first-order valence-electron chi connectivity index (χ1n) is 8.65. The second-order valence-electron chi connectivity index (χ2n) is 7.18. The molecule has 0 bridgehead atoms. The predicted octanol–water partition coefficient (Wildman–Crippen LogP) is 4.68. The second-order valence-corrected chi connectivity index (χ2v) is 8.86. The number of rotatable bonds is 4. The highest BCUT2D eigenvalue weighted by Gasteiger charge is 2.33. The number of allylic oxidation sites excluding steroid dienone is 2. The molecule has 1 aliphatic rings. The van der Waals surface area contributed by atoms with E-state index in [0.717, 1.165) is 22.3 Å². The molecule has 1 saturated heterocycles. The van der Waals surface area contributed by atoms with Gasteiger partial charge in [-0.25, -0.2) is 0 Å². The fourth-order valence-electron chi connectivity index (χ4n) is 2.48. The van der Waals surface area contributed by atoms with Crippen molar-refractivity contribution in [3.8, 4) is 0 Å². The number of carbonyl (C=O) groups excluding carboxylic acids is 2. The van der Waals surface area contributed by atoms with Crippen LogP contribution in [-0.4, -0.2) is 21.1 Å². The lowest BCUT2D eigenvalue weighted by Gasteiger charge is -2.19. The van der Waals surface area contributed by atoms with Crippen molar-refractivity contribution in [3.05, 3.63) is 76.6 Å². The Morgan fingerprint density at radius 2 is 1.93 bits per heavy atom. The summed E-state index contributed by atoms with van der Waals surface area (Å²) >= 11 is 6.37. The third-order valence-corrected chi connectivity index (χ3v) is 5.39. The van der Waals surface area contributed by atoms with E-state index >= 15 is 0 Å². The summed E-state index contributed by atoms with van der Waals surface area (Å²) in [6, 6.07) is 10.9. The molecule has 1 aromatic carbocycles. The Kier molecular flexibility index (Phi) is 5.86. The Hall–Kier alpha value is -2.64. The molecule has 0 saturated carbocycles. The minimum Gasteiger partial charge on any atom is -0.465 e. The number of thiocarbonyl (C=S) groups is 1. The van der Waals surface area contributed by atoms with Gasteiger partial charge in [-0.2, -0.15) is 5.01 Å². The van der Waals surface area contributed by atoms with Crippen LogP contribution in [0.15, 0.2) is 64.1 Å². The molecule has 0 atom stereocenters. The van der Waals surface area contributed by atoms with Gasteiger partial charge in [0, 0.05) is 5.56 Å². The topological polar surface area (TPSA) is 62.6 Å². The first-order chi connectivity index (χ1) is 13.3. The minimum absolute atomic E-state index is 0.000982. The zero-order valence-electron chi connectivity index (χ0n) is 15.8. The van der Waals surface area contributed by atoms with Crippen LogP contribution in [0, 0.1) is 0 Å². The highest BCUT2D eigenvalue weighted by atomic mass is 32.2. The number of furan rings is 1. The molecule has 28 heavy (non-hydrogen) atoms. The fourth-order valence-corrected chi connectivity index (χ4v) is 3.61. The Labute approximate surface area is 173 Å². The van der Waals surface area contributed by atoms with Crippen molar-refractivity contribution in [2.75, 3.05) is 0 Å². The molecule has 5 nitrogen and oxygen atoms in total. The third-order valence-electron chi connectivity index (χ3n) is 4.07. The molecule has 1 N–H and O–H groups in total. The maximum atomic E-state index is 12.5. The molecule has 2 aromatic rings. The number of benzene rings is 1. The molecular weight excluding hydrogens is 392 g/mol. The number of thioether (sulfide) groups is 1. The van der Waals surface area contributed by atoms with Crippen molar-refractivity contribution < 1.29 is 14.0 Å². The van der Waals surface area contributed by atoms with E-state index in [2.05, 4.69) is 26.2 Å². The van der Waals surface area contributed by atoms with Gasteiger partial charge in [-0.15, -0.1) is 0 Å². The number of carbonyl (C=O) groups is 2. The van der Waals surface area contributed by atoms with Crippen molar-refractivity contribution in [2.24, 2.45) is 0 Å². The highest BCUT2D eigenvalue weighted by Crippen LogP contribution is 2.30. The standard InChI is InChI=1S/C21H20N2O3S2/c1-21(2,3)15-11-9-14(10-12-15)18(24)22-23-19(25)17(28-20(23)27)8-4-6-16-7-5-13-26-16/h4-13H,1-3H3,(H,22,24)/b6-4+,17-8+. The summed E-state index contributed by atoms with van der Waals surface area (Å²) in [5.74, 6) is -0.0679. The summed E-state index contributed by atoms with van der Waals surface area (Å²) in [5, 5.41) is 1.10. The SMILES string of the molecule is CC(C)(C)c1ccc(C(=O)NN2C(=O)/C(=C\C=C\c3ccco3)SC2=S)cc1. The predicted molar refractivity (Wildman–Crippen MR) is 115 cm³/mol. The van der Waals surface area contributed by atoms with Gasteiger partial charge >= 0.3 is 0 Å². The molecule has 0 unspecified atom stereocenters. The fraction of sp³-hybridized carbons (Fsp3) is 0.190. The van der Waals surface area contributed by atoms with E-state index in [4.69, 9.17) is 16.6 Å². The van der Waals surface area contributed by atoms with Crippen LogP contribution in [0.1, 0.15) is 42.5 Å². The molecular formula is C21H20N2O3S2. The number of amides is 2. The molecule has 0 radical (unpaired) electrons. The summed E-state index contributed by atoms with van der Waals surface area (Å²) in [5.41, 5.74) is 4.17. The molecule has 1 aromatic heterocycles. The van der Waals surface area contributed by atoms with E-state index < -0.39 is 0 Å². The Balaban J connectivity index is 1.67. The van der Waals surface area contributed by atoms with Gasteiger partial charge in [0.1, 0.15) is 5.76 Å². The molecule has 144 valence electrons. The van der Waals surface area contributed by atoms with Gasteiger partial charge in [0.05, 0.1) is 11.2 Å². The largest absolute Gasteiger partial charge is 0.465 e. The number of hydrogen-bond acceptors (Lipinski definition) is 5. The monoisotopic (exact) mass is 412 g/mol. The van der Waals surface area contributed by atoms with Crippen molar-refractivity contribution in [1.82, 2.24) is 10.4 Å². The lowest BCUT2D eigenvalue weighted by molar-refractivity contribution is -0.123.